The molecule has 0 N–H and O–H groups in total. The minimum Gasteiger partial charge on any atom is -0.349 e. The standard InChI is InChI=1S/C13H17BrN2O2S/c1-15(2)12(17)9-5-7-16(8-6-9)13(18)10-3-4-11(14)19-10/h3-4,9H,5-8H2,1-2H3. The first kappa shape index (κ1) is 14.5. The molecule has 1 aromatic rings. The van der Waals surface area contributed by atoms with E-state index in [1.165, 1.54) is 11.3 Å². The summed E-state index contributed by atoms with van der Waals surface area (Å²) < 4.78 is 0.966. The highest BCUT2D eigenvalue weighted by molar-refractivity contribution is 9.11. The van der Waals surface area contributed by atoms with Crippen LogP contribution in [-0.4, -0.2) is 48.8 Å². The third-order valence-electron chi connectivity index (χ3n) is 3.36. The zero-order valence-electron chi connectivity index (χ0n) is 11.1. The largest absolute Gasteiger partial charge is 0.349 e. The van der Waals surface area contributed by atoms with Crippen molar-refractivity contribution in [3.63, 3.8) is 0 Å². The summed E-state index contributed by atoms with van der Waals surface area (Å²) in [5.74, 6) is 0.312. The first-order valence-corrected chi connectivity index (χ1v) is 7.85. The van der Waals surface area contributed by atoms with Crippen molar-refractivity contribution < 1.29 is 9.59 Å². The van der Waals surface area contributed by atoms with Gasteiger partial charge in [-0.25, -0.2) is 0 Å². The number of hydrogen-bond donors (Lipinski definition) is 0. The van der Waals surface area contributed by atoms with Gasteiger partial charge in [0.25, 0.3) is 5.91 Å². The van der Waals surface area contributed by atoms with Gasteiger partial charge in [0.15, 0.2) is 0 Å². The molecule has 4 nitrogen and oxygen atoms in total. The molecule has 1 saturated heterocycles. The van der Waals surface area contributed by atoms with E-state index >= 15 is 0 Å². The first-order chi connectivity index (χ1) is 8.99. The Balaban J connectivity index is 1.93. The van der Waals surface area contributed by atoms with Gasteiger partial charge in [0.1, 0.15) is 0 Å². The zero-order chi connectivity index (χ0) is 14.0. The molecule has 19 heavy (non-hydrogen) atoms. The summed E-state index contributed by atoms with van der Waals surface area (Å²) in [5.41, 5.74) is 0. The SMILES string of the molecule is CN(C)C(=O)C1CCN(C(=O)c2ccc(Br)s2)CC1. The van der Waals surface area contributed by atoms with Crippen molar-refractivity contribution in [1.29, 1.82) is 0 Å². The van der Waals surface area contributed by atoms with E-state index < -0.39 is 0 Å². The number of likely N-dealkylation sites (tertiary alicyclic amines) is 1. The van der Waals surface area contributed by atoms with Gasteiger partial charge < -0.3 is 9.80 Å². The molecule has 0 bridgehead atoms. The maximum Gasteiger partial charge on any atom is 0.263 e. The van der Waals surface area contributed by atoms with E-state index in [1.807, 2.05) is 17.0 Å². The quantitative estimate of drug-likeness (QED) is 0.826. The molecule has 1 aliphatic heterocycles. The van der Waals surface area contributed by atoms with Crippen LogP contribution in [-0.2, 0) is 4.79 Å². The minimum absolute atomic E-state index is 0.0640. The van der Waals surface area contributed by atoms with E-state index in [0.717, 1.165) is 21.5 Å². The first-order valence-electron chi connectivity index (χ1n) is 6.25. The van der Waals surface area contributed by atoms with Gasteiger partial charge >= 0.3 is 0 Å². The normalized spacial score (nSPS) is 16.5. The molecule has 0 radical (unpaired) electrons. The molecule has 0 spiro atoms. The summed E-state index contributed by atoms with van der Waals surface area (Å²) in [6.45, 7) is 1.33. The van der Waals surface area contributed by atoms with Crippen LogP contribution in [0.2, 0.25) is 0 Å². The van der Waals surface area contributed by atoms with Crippen LogP contribution in [0.5, 0.6) is 0 Å². The predicted molar refractivity (Wildman–Crippen MR) is 79.3 cm³/mol. The van der Waals surface area contributed by atoms with Crippen LogP contribution in [0.4, 0.5) is 0 Å². The Morgan fingerprint density at radius 2 is 1.95 bits per heavy atom. The Labute approximate surface area is 125 Å². The number of halogens is 1. The molecule has 0 unspecified atom stereocenters. The summed E-state index contributed by atoms with van der Waals surface area (Å²) in [5, 5.41) is 0. The van der Waals surface area contributed by atoms with E-state index in [0.29, 0.717) is 13.1 Å². The summed E-state index contributed by atoms with van der Waals surface area (Å²) in [4.78, 5) is 28.3. The third kappa shape index (κ3) is 3.36. The number of piperidine rings is 1. The van der Waals surface area contributed by atoms with E-state index in [4.69, 9.17) is 0 Å². The molecule has 2 amide bonds. The molecule has 2 rings (SSSR count). The highest BCUT2D eigenvalue weighted by atomic mass is 79.9. The van der Waals surface area contributed by atoms with Gasteiger partial charge in [-0.2, -0.15) is 0 Å². The van der Waals surface area contributed by atoms with E-state index in [2.05, 4.69) is 15.9 Å². The lowest BCUT2D eigenvalue weighted by Crippen LogP contribution is -2.42. The number of hydrogen-bond acceptors (Lipinski definition) is 3. The van der Waals surface area contributed by atoms with Crippen LogP contribution in [0.15, 0.2) is 15.9 Å². The van der Waals surface area contributed by atoms with Crippen molar-refractivity contribution in [2.75, 3.05) is 27.2 Å². The Bertz CT molecular complexity index is 479. The molecular formula is C13H17BrN2O2S. The van der Waals surface area contributed by atoms with Crippen molar-refractivity contribution in [2.24, 2.45) is 5.92 Å². The van der Waals surface area contributed by atoms with Gasteiger partial charge in [-0.1, -0.05) is 0 Å². The fourth-order valence-electron chi connectivity index (χ4n) is 2.28. The van der Waals surface area contributed by atoms with Gasteiger partial charge in [-0.3, -0.25) is 9.59 Å². The number of rotatable bonds is 2. The summed E-state index contributed by atoms with van der Waals surface area (Å²) in [6, 6.07) is 3.73. The lowest BCUT2D eigenvalue weighted by atomic mass is 9.95. The Morgan fingerprint density at radius 3 is 2.42 bits per heavy atom. The van der Waals surface area contributed by atoms with Crippen molar-refractivity contribution >= 4 is 39.1 Å². The molecule has 0 aliphatic carbocycles. The van der Waals surface area contributed by atoms with Crippen molar-refractivity contribution in [2.45, 2.75) is 12.8 Å². The Morgan fingerprint density at radius 1 is 1.32 bits per heavy atom. The second-order valence-corrected chi connectivity index (χ2v) is 7.37. The molecule has 2 heterocycles. The van der Waals surface area contributed by atoms with E-state index in [1.54, 1.807) is 19.0 Å². The number of amides is 2. The Hall–Kier alpha value is -0.880. The molecule has 0 saturated carbocycles. The maximum atomic E-state index is 12.2. The van der Waals surface area contributed by atoms with Crippen molar-refractivity contribution in [3.05, 3.63) is 20.8 Å². The van der Waals surface area contributed by atoms with Crippen LogP contribution >= 0.6 is 27.3 Å². The van der Waals surface area contributed by atoms with E-state index in [9.17, 15) is 9.59 Å². The van der Waals surface area contributed by atoms with E-state index in [-0.39, 0.29) is 17.7 Å². The maximum absolute atomic E-state index is 12.2. The van der Waals surface area contributed by atoms with Gasteiger partial charge in [-0.15, -0.1) is 11.3 Å². The average molecular weight is 345 g/mol. The fraction of sp³-hybridized carbons (Fsp3) is 0.538. The molecular weight excluding hydrogens is 328 g/mol. The van der Waals surface area contributed by atoms with Gasteiger partial charge in [0.05, 0.1) is 8.66 Å². The smallest absolute Gasteiger partial charge is 0.263 e. The molecule has 0 atom stereocenters. The summed E-state index contributed by atoms with van der Waals surface area (Å²) >= 11 is 4.82. The number of nitrogens with zero attached hydrogens (tertiary/aromatic N) is 2. The van der Waals surface area contributed by atoms with Crippen LogP contribution < -0.4 is 0 Å². The van der Waals surface area contributed by atoms with Crippen LogP contribution in [0, 0.1) is 5.92 Å². The third-order valence-corrected chi connectivity index (χ3v) is 4.97. The summed E-state index contributed by atoms with van der Waals surface area (Å²) in [6.07, 6.45) is 1.52. The molecule has 6 heteroatoms. The fourth-order valence-corrected chi connectivity index (χ4v) is 3.63. The Kier molecular flexibility index (Phi) is 4.62. The molecule has 1 aromatic heterocycles. The number of carbonyl (C=O) groups is 2. The second kappa shape index (κ2) is 6.05. The number of thiophene rings is 1. The van der Waals surface area contributed by atoms with Gasteiger partial charge in [0.2, 0.25) is 5.91 Å². The zero-order valence-corrected chi connectivity index (χ0v) is 13.5. The van der Waals surface area contributed by atoms with Crippen LogP contribution in [0.25, 0.3) is 0 Å². The lowest BCUT2D eigenvalue weighted by Gasteiger charge is -2.32. The lowest BCUT2D eigenvalue weighted by molar-refractivity contribution is -0.134. The highest BCUT2D eigenvalue weighted by Gasteiger charge is 2.28. The van der Waals surface area contributed by atoms with Crippen LogP contribution in [0.3, 0.4) is 0 Å². The van der Waals surface area contributed by atoms with Crippen molar-refractivity contribution in [3.8, 4) is 0 Å². The van der Waals surface area contributed by atoms with Gasteiger partial charge in [-0.05, 0) is 40.9 Å². The molecule has 0 aromatic carbocycles. The average Bonchev–Trinajstić information content (AvgIpc) is 2.84. The summed E-state index contributed by atoms with van der Waals surface area (Å²) in [7, 11) is 3.56. The van der Waals surface area contributed by atoms with Gasteiger partial charge in [0, 0.05) is 33.1 Å². The topological polar surface area (TPSA) is 40.6 Å². The van der Waals surface area contributed by atoms with Crippen molar-refractivity contribution in [1.82, 2.24) is 9.80 Å². The molecule has 1 fully saturated rings. The molecule has 104 valence electrons. The minimum atomic E-state index is 0.0640. The highest BCUT2D eigenvalue weighted by Crippen LogP contribution is 2.26. The monoisotopic (exact) mass is 344 g/mol. The second-order valence-electron chi connectivity index (χ2n) is 4.90. The predicted octanol–water partition coefficient (Wildman–Crippen LogP) is 2.45. The molecule has 1 aliphatic rings. The number of carbonyl (C=O) groups excluding carboxylic acids is 2. The van der Waals surface area contributed by atoms with Crippen LogP contribution in [0.1, 0.15) is 22.5 Å².